The second-order valence-corrected chi connectivity index (χ2v) is 10.7. The van der Waals surface area contributed by atoms with Crippen LogP contribution in [0.1, 0.15) is 72.1 Å². The van der Waals surface area contributed by atoms with Gasteiger partial charge >= 0.3 is 12.1 Å². The normalized spacial score (nSPS) is 18.4. The number of carbonyl (C=O) groups excluding carboxylic acids is 5. The van der Waals surface area contributed by atoms with E-state index in [1.54, 1.807) is 23.8 Å². The smallest absolute Gasteiger partial charge is 0.317 e. The fraction of sp³-hybridized carbons (Fsp3) is 0.821. The molecule has 5 amide bonds. The largest absolute Gasteiger partial charge is 0.343 e. The highest BCUT2D eigenvalue weighted by molar-refractivity contribution is 5.84. The number of amides is 5. The summed E-state index contributed by atoms with van der Waals surface area (Å²) in [7, 11) is 3.78. The van der Waals surface area contributed by atoms with Crippen LogP contribution in [0.4, 0.5) is 9.59 Å². The summed E-state index contributed by atoms with van der Waals surface area (Å²) >= 11 is 0. The van der Waals surface area contributed by atoms with Gasteiger partial charge in [0.25, 0.3) is 0 Å². The molecule has 12 nitrogen and oxygen atoms in total. The van der Waals surface area contributed by atoms with Crippen LogP contribution >= 0.6 is 0 Å². The van der Waals surface area contributed by atoms with Crippen molar-refractivity contribution in [1.29, 1.82) is 0 Å². The van der Waals surface area contributed by atoms with Crippen molar-refractivity contribution in [2.24, 2.45) is 0 Å². The van der Waals surface area contributed by atoms with Gasteiger partial charge in [0.15, 0.2) is 0 Å². The first kappa shape index (κ1) is 35.3. The van der Waals surface area contributed by atoms with Crippen LogP contribution in [0, 0.1) is 0 Å². The van der Waals surface area contributed by atoms with Crippen molar-refractivity contribution in [3.8, 4) is 0 Å². The number of likely N-dealkylation sites (N-methyl/N-ethyl adjacent to an activating group) is 1. The van der Waals surface area contributed by atoms with Crippen molar-refractivity contribution in [3.63, 3.8) is 0 Å². The summed E-state index contributed by atoms with van der Waals surface area (Å²) in [5, 5.41) is 11.4. The topological polar surface area (TPSA) is 143 Å². The lowest BCUT2D eigenvalue weighted by molar-refractivity contribution is -0.125. The van der Waals surface area contributed by atoms with E-state index >= 15 is 0 Å². The Morgan fingerprint density at radius 1 is 0.975 bits per heavy atom. The van der Waals surface area contributed by atoms with Crippen molar-refractivity contribution in [3.05, 3.63) is 0 Å². The molecule has 1 aliphatic heterocycles. The summed E-state index contributed by atoms with van der Waals surface area (Å²) in [6.07, 6.45) is 8.28. The molecule has 0 bridgehead atoms. The van der Waals surface area contributed by atoms with E-state index in [0.29, 0.717) is 57.5 Å². The molecule has 0 aromatic rings. The minimum absolute atomic E-state index is 0.116. The van der Waals surface area contributed by atoms with Gasteiger partial charge in [-0.15, -0.1) is 0 Å². The van der Waals surface area contributed by atoms with E-state index in [0.717, 1.165) is 51.2 Å². The standard InChI is InChI=1S/C28H53N7O5/c1-6-34(17-11-19-36)27(39)30-15-9-7-8-10-16-31-28(40)35(18-14-25-13-12-22(2)33(25)5)20-24(21-37)32-26(38)23(3)29-4/h19,21-25,29H,6-18,20H2,1-5H3,(H,30,39)(H,31,40)(H,32,38). The zero-order valence-electron chi connectivity index (χ0n) is 25.2. The van der Waals surface area contributed by atoms with E-state index in [1.165, 1.54) is 0 Å². The van der Waals surface area contributed by atoms with Gasteiger partial charge in [-0.3, -0.25) is 4.79 Å². The number of unbranched alkanes of at least 4 members (excludes halogenated alkanes) is 3. The maximum absolute atomic E-state index is 13.1. The van der Waals surface area contributed by atoms with Gasteiger partial charge in [-0.2, -0.15) is 0 Å². The Morgan fingerprint density at radius 2 is 1.60 bits per heavy atom. The molecule has 1 saturated heterocycles. The van der Waals surface area contributed by atoms with Crippen LogP contribution in [0.25, 0.3) is 0 Å². The molecule has 40 heavy (non-hydrogen) atoms. The minimum Gasteiger partial charge on any atom is -0.343 e. The summed E-state index contributed by atoms with van der Waals surface area (Å²) in [6.45, 7) is 8.46. The molecule has 0 spiro atoms. The monoisotopic (exact) mass is 567 g/mol. The molecule has 230 valence electrons. The first-order chi connectivity index (χ1) is 19.2. The average Bonchev–Trinajstić information content (AvgIpc) is 3.27. The third kappa shape index (κ3) is 13.1. The lowest BCUT2D eigenvalue weighted by Crippen LogP contribution is -2.53. The molecule has 4 unspecified atom stereocenters. The molecule has 1 rings (SSSR count). The van der Waals surface area contributed by atoms with Crippen molar-refractivity contribution < 1.29 is 24.0 Å². The van der Waals surface area contributed by atoms with E-state index in [-0.39, 0.29) is 24.5 Å². The summed E-state index contributed by atoms with van der Waals surface area (Å²) in [5.41, 5.74) is 0. The molecule has 1 fully saturated rings. The van der Waals surface area contributed by atoms with Gasteiger partial charge in [0, 0.05) is 57.8 Å². The van der Waals surface area contributed by atoms with Gasteiger partial charge in [-0.1, -0.05) is 12.8 Å². The first-order valence-corrected chi connectivity index (χ1v) is 14.8. The van der Waals surface area contributed by atoms with Gasteiger partial charge in [0.1, 0.15) is 18.6 Å². The van der Waals surface area contributed by atoms with E-state index in [4.69, 9.17) is 0 Å². The molecule has 0 aromatic heterocycles. The van der Waals surface area contributed by atoms with E-state index in [9.17, 15) is 24.0 Å². The Bertz CT molecular complexity index is 784. The maximum atomic E-state index is 13.1. The summed E-state index contributed by atoms with van der Waals surface area (Å²) in [6, 6.07) is -0.724. The molecule has 12 heteroatoms. The van der Waals surface area contributed by atoms with Crippen LogP contribution in [0.5, 0.6) is 0 Å². The molecular formula is C28H53N7O5. The number of hydrogen-bond acceptors (Lipinski definition) is 7. The van der Waals surface area contributed by atoms with Crippen LogP contribution < -0.4 is 21.3 Å². The molecular weight excluding hydrogens is 514 g/mol. The Hall–Kier alpha value is -2.73. The van der Waals surface area contributed by atoms with E-state index < -0.39 is 12.1 Å². The fourth-order valence-electron chi connectivity index (χ4n) is 4.76. The van der Waals surface area contributed by atoms with Gasteiger partial charge in [-0.05, 0) is 67.0 Å². The Morgan fingerprint density at radius 3 is 2.10 bits per heavy atom. The molecule has 0 radical (unpaired) electrons. The molecule has 0 aliphatic carbocycles. The summed E-state index contributed by atoms with van der Waals surface area (Å²) in [4.78, 5) is 65.4. The second-order valence-electron chi connectivity index (χ2n) is 10.7. The highest BCUT2D eigenvalue weighted by Gasteiger charge is 2.29. The van der Waals surface area contributed by atoms with Crippen molar-refractivity contribution in [2.45, 2.75) is 96.3 Å². The Labute approximate surface area is 240 Å². The van der Waals surface area contributed by atoms with Crippen LogP contribution in [-0.4, -0.2) is 123 Å². The zero-order chi connectivity index (χ0) is 29.9. The third-order valence-electron chi connectivity index (χ3n) is 7.79. The summed E-state index contributed by atoms with van der Waals surface area (Å²) in [5.74, 6) is -0.288. The average molecular weight is 568 g/mol. The number of aldehydes is 2. The van der Waals surface area contributed by atoms with Gasteiger partial charge in [0.05, 0.1) is 6.04 Å². The number of hydrogen-bond donors (Lipinski definition) is 4. The predicted molar refractivity (Wildman–Crippen MR) is 156 cm³/mol. The van der Waals surface area contributed by atoms with Gasteiger partial charge in [0.2, 0.25) is 5.91 Å². The van der Waals surface area contributed by atoms with E-state index in [2.05, 4.69) is 40.1 Å². The van der Waals surface area contributed by atoms with Crippen molar-refractivity contribution in [1.82, 2.24) is 36.0 Å². The van der Waals surface area contributed by atoms with E-state index in [1.807, 2.05) is 6.92 Å². The Balaban J connectivity index is 2.49. The molecule has 4 atom stereocenters. The van der Waals surface area contributed by atoms with Crippen LogP contribution in [-0.2, 0) is 14.4 Å². The lowest BCUT2D eigenvalue weighted by Gasteiger charge is -2.30. The SMILES string of the molecule is CCN(CCC=O)C(=O)NCCCCCCNC(=O)N(CCC1CCC(C)N1C)CC(C=O)NC(=O)C(C)NC. The first-order valence-electron chi connectivity index (χ1n) is 14.8. The number of likely N-dealkylation sites (tertiary alicyclic amines) is 1. The molecule has 1 heterocycles. The minimum atomic E-state index is -0.786. The van der Waals surface area contributed by atoms with Crippen LogP contribution in [0.3, 0.4) is 0 Å². The molecule has 1 aliphatic rings. The molecule has 4 N–H and O–H groups in total. The number of nitrogens with one attached hydrogen (secondary N) is 4. The van der Waals surface area contributed by atoms with Crippen LogP contribution in [0.2, 0.25) is 0 Å². The fourth-order valence-corrected chi connectivity index (χ4v) is 4.76. The highest BCUT2D eigenvalue weighted by atomic mass is 16.2. The molecule has 0 aromatic carbocycles. The lowest BCUT2D eigenvalue weighted by atomic mass is 10.1. The van der Waals surface area contributed by atoms with Crippen LogP contribution in [0.15, 0.2) is 0 Å². The third-order valence-corrected chi connectivity index (χ3v) is 7.79. The second kappa shape index (κ2) is 20.2. The number of nitrogens with zero attached hydrogens (tertiary/aromatic N) is 3. The maximum Gasteiger partial charge on any atom is 0.317 e. The predicted octanol–water partition coefficient (Wildman–Crippen LogP) is 1.34. The summed E-state index contributed by atoms with van der Waals surface area (Å²) < 4.78 is 0. The van der Waals surface area contributed by atoms with Crippen molar-refractivity contribution in [2.75, 3.05) is 53.4 Å². The van der Waals surface area contributed by atoms with Crippen molar-refractivity contribution >= 4 is 30.5 Å². The number of carbonyl (C=O) groups is 5. The molecule has 0 saturated carbocycles. The zero-order valence-corrected chi connectivity index (χ0v) is 25.2. The van der Waals surface area contributed by atoms with Gasteiger partial charge in [-0.25, -0.2) is 9.59 Å². The quantitative estimate of drug-likeness (QED) is 0.128. The Kier molecular flexibility index (Phi) is 17.8. The number of urea groups is 2. The van der Waals surface area contributed by atoms with Gasteiger partial charge < -0.3 is 45.6 Å². The number of rotatable bonds is 20. The highest BCUT2D eigenvalue weighted by Crippen LogP contribution is 2.24.